The Labute approximate surface area is 106 Å². The van der Waals surface area contributed by atoms with Crippen LogP contribution in [0.1, 0.15) is 32.6 Å². The van der Waals surface area contributed by atoms with E-state index in [0.29, 0.717) is 19.3 Å². The number of unbranched alkanes of at least 4 members (excludes halogenated alkanes) is 1. The monoisotopic (exact) mass is 266 g/mol. The molecule has 0 aliphatic carbocycles. The normalized spacial score (nSPS) is 20.5. The highest BCUT2D eigenvalue weighted by Gasteiger charge is 2.26. The largest absolute Gasteiger partial charge is 0.481 e. The lowest BCUT2D eigenvalue weighted by atomic mass is 10.1. The predicted octanol–water partition coefficient (Wildman–Crippen LogP) is -1.32. The SMILES string of the molecule is CC1(CCCCC(=O)O)N=c2[nH]c(=O)[nH]c(=O)c2=N1. The fraction of sp³-hybridized carbons (Fsp3) is 0.545. The van der Waals surface area contributed by atoms with Crippen LogP contribution in [-0.4, -0.2) is 26.7 Å². The Morgan fingerprint density at radius 1 is 1.26 bits per heavy atom. The number of rotatable bonds is 5. The lowest BCUT2D eigenvalue weighted by Gasteiger charge is -2.16. The quantitative estimate of drug-likeness (QED) is 0.571. The Balaban J connectivity index is 2.18. The van der Waals surface area contributed by atoms with Crippen LogP contribution in [0, 0.1) is 0 Å². The summed E-state index contributed by atoms with van der Waals surface area (Å²) in [6, 6.07) is 0. The van der Waals surface area contributed by atoms with Gasteiger partial charge in [-0.2, -0.15) is 0 Å². The highest BCUT2D eigenvalue weighted by Crippen LogP contribution is 2.20. The Morgan fingerprint density at radius 2 is 2.00 bits per heavy atom. The molecule has 0 amide bonds. The molecular weight excluding hydrogens is 252 g/mol. The summed E-state index contributed by atoms with van der Waals surface area (Å²) in [5.41, 5.74) is -1.79. The van der Waals surface area contributed by atoms with E-state index >= 15 is 0 Å². The maximum Gasteiger partial charge on any atom is 0.327 e. The van der Waals surface area contributed by atoms with Crippen molar-refractivity contribution in [3.8, 4) is 0 Å². The van der Waals surface area contributed by atoms with Crippen LogP contribution in [0.5, 0.6) is 0 Å². The second-order valence-electron chi connectivity index (χ2n) is 4.65. The van der Waals surface area contributed by atoms with Crippen LogP contribution in [0.25, 0.3) is 0 Å². The molecule has 0 radical (unpaired) electrons. The summed E-state index contributed by atoms with van der Waals surface area (Å²) < 4.78 is 0. The van der Waals surface area contributed by atoms with Crippen molar-refractivity contribution in [2.24, 2.45) is 9.98 Å². The van der Waals surface area contributed by atoms with Gasteiger partial charge in [0.1, 0.15) is 0 Å². The molecule has 0 saturated heterocycles. The van der Waals surface area contributed by atoms with Crippen molar-refractivity contribution in [1.29, 1.82) is 0 Å². The zero-order valence-electron chi connectivity index (χ0n) is 10.4. The van der Waals surface area contributed by atoms with E-state index in [1.54, 1.807) is 6.92 Å². The third-order valence-corrected chi connectivity index (χ3v) is 2.89. The van der Waals surface area contributed by atoms with Gasteiger partial charge < -0.3 is 5.11 Å². The van der Waals surface area contributed by atoms with Crippen LogP contribution in [0.4, 0.5) is 0 Å². The van der Waals surface area contributed by atoms with Crippen molar-refractivity contribution in [2.75, 3.05) is 0 Å². The third kappa shape index (κ3) is 2.95. The van der Waals surface area contributed by atoms with E-state index in [2.05, 4.69) is 20.0 Å². The van der Waals surface area contributed by atoms with Gasteiger partial charge in [0, 0.05) is 6.42 Å². The lowest BCUT2D eigenvalue weighted by molar-refractivity contribution is -0.137. The Morgan fingerprint density at radius 3 is 2.68 bits per heavy atom. The van der Waals surface area contributed by atoms with Crippen LogP contribution in [-0.2, 0) is 4.79 Å². The lowest BCUT2D eigenvalue weighted by Crippen LogP contribution is -2.46. The first-order valence-corrected chi connectivity index (χ1v) is 5.94. The van der Waals surface area contributed by atoms with Gasteiger partial charge in [-0.25, -0.2) is 14.8 Å². The van der Waals surface area contributed by atoms with Crippen molar-refractivity contribution in [3.63, 3.8) is 0 Å². The molecule has 1 unspecified atom stereocenters. The fourth-order valence-corrected chi connectivity index (χ4v) is 2.01. The van der Waals surface area contributed by atoms with Gasteiger partial charge in [-0.3, -0.25) is 19.6 Å². The molecule has 1 aromatic heterocycles. The number of carboxylic acids is 1. The molecule has 3 N–H and O–H groups in total. The zero-order chi connectivity index (χ0) is 14.0. The van der Waals surface area contributed by atoms with Gasteiger partial charge in [0.05, 0.1) is 0 Å². The van der Waals surface area contributed by atoms with Gasteiger partial charge in [0.25, 0.3) is 5.56 Å². The molecule has 1 aromatic rings. The Kier molecular flexibility index (Phi) is 3.32. The summed E-state index contributed by atoms with van der Waals surface area (Å²) in [5.74, 6) is -0.838. The molecule has 0 fully saturated rings. The van der Waals surface area contributed by atoms with Gasteiger partial charge >= 0.3 is 11.7 Å². The topological polar surface area (TPSA) is 128 Å². The first-order valence-electron chi connectivity index (χ1n) is 5.94. The van der Waals surface area contributed by atoms with Gasteiger partial charge in [-0.1, -0.05) is 0 Å². The number of aromatic amines is 2. The van der Waals surface area contributed by atoms with Gasteiger partial charge in [0.15, 0.2) is 16.5 Å². The van der Waals surface area contributed by atoms with E-state index in [4.69, 9.17) is 5.11 Å². The number of carboxylic acid groups (broad SMARTS) is 1. The van der Waals surface area contributed by atoms with Crippen LogP contribution >= 0.6 is 0 Å². The molecule has 1 aliphatic rings. The van der Waals surface area contributed by atoms with Crippen LogP contribution < -0.4 is 22.1 Å². The molecule has 0 aromatic carbocycles. The van der Waals surface area contributed by atoms with Crippen LogP contribution in [0.15, 0.2) is 19.6 Å². The minimum absolute atomic E-state index is 0.0977. The van der Waals surface area contributed by atoms with Crippen LogP contribution in [0.2, 0.25) is 0 Å². The minimum Gasteiger partial charge on any atom is -0.481 e. The number of H-pyrrole nitrogens is 2. The number of aromatic nitrogens is 2. The number of nitrogens with zero attached hydrogens (tertiary/aromatic N) is 2. The summed E-state index contributed by atoms with van der Waals surface area (Å²) in [5, 5.41) is 8.67. The van der Waals surface area contributed by atoms with E-state index < -0.39 is 22.9 Å². The standard InChI is InChI=1S/C11H14N4O4/c1-11(5-3-2-4-6(16)17)14-7-8(15-11)12-10(19)13-9(7)18/h2-5H2,1H3,(H,16,17)(H2,12,13,15,18,19). The number of aliphatic carboxylic acids is 1. The molecule has 1 aliphatic heterocycles. The Bertz CT molecular complexity index is 732. The average Bonchev–Trinajstić information content (AvgIpc) is 2.62. The summed E-state index contributed by atoms with van der Waals surface area (Å²) in [4.78, 5) is 46.0. The van der Waals surface area contributed by atoms with Gasteiger partial charge in [-0.05, 0) is 26.2 Å². The molecule has 2 heterocycles. The molecule has 19 heavy (non-hydrogen) atoms. The second kappa shape index (κ2) is 4.79. The summed E-state index contributed by atoms with van der Waals surface area (Å²) >= 11 is 0. The number of hydrogen-bond acceptors (Lipinski definition) is 5. The highest BCUT2D eigenvalue weighted by molar-refractivity contribution is 5.66. The van der Waals surface area contributed by atoms with Crippen molar-refractivity contribution >= 4 is 5.97 Å². The molecule has 2 rings (SSSR count). The molecule has 8 nitrogen and oxygen atoms in total. The summed E-state index contributed by atoms with van der Waals surface area (Å²) in [7, 11) is 0. The second-order valence-corrected chi connectivity index (χ2v) is 4.65. The smallest absolute Gasteiger partial charge is 0.327 e. The van der Waals surface area contributed by atoms with Gasteiger partial charge in [0.2, 0.25) is 0 Å². The zero-order valence-corrected chi connectivity index (χ0v) is 10.4. The molecular formula is C11H14N4O4. The fourth-order valence-electron chi connectivity index (χ4n) is 2.01. The molecule has 0 spiro atoms. The summed E-state index contributed by atoms with van der Waals surface area (Å²) in [6.45, 7) is 1.74. The van der Waals surface area contributed by atoms with Crippen LogP contribution in [0.3, 0.4) is 0 Å². The average molecular weight is 266 g/mol. The van der Waals surface area contributed by atoms with Gasteiger partial charge in [-0.15, -0.1) is 0 Å². The number of fused-ring (bicyclic) bond motifs is 1. The molecule has 8 heteroatoms. The first-order chi connectivity index (χ1) is 8.89. The minimum atomic E-state index is -0.838. The van der Waals surface area contributed by atoms with E-state index in [0.717, 1.165) is 0 Å². The molecule has 0 bridgehead atoms. The van der Waals surface area contributed by atoms with Crippen molar-refractivity contribution in [2.45, 2.75) is 38.3 Å². The van der Waals surface area contributed by atoms with Crippen molar-refractivity contribution in [3.05, 3.63) is 31.7 Å². The van der Waals surface area contributed by atoms with Crippen molar-refractivity contribution < 1.29 is 9.90 Å². The Hall–Kier alpha value is -2.25. The van der Waals surface area contributed by atoms with E-state index in [-0.39, 0.29) is 17.3 Å². The number of carbonyl (C=O) groups is 1. The predicted molar refractivity (Wildman–Crippen MR) is 64.5 cm³/mol. The molecule has 0 saturated carbocycles. The first kappa shape index (κ1) is 13.2. The summed E-state index contributed by atoms with van der Waals surface area (Å²) in [6.07, 6.45) is 1.78. The number of hydrogen-bond donors (Lipinski definition) is 3. The van der Waals surface area contributed by atoms with E-state index in [1.807, 2.05) is 0 Å². The molecule has 102 valence electrons. The third-order valence-electron chi connectivity index (χ3n) is 2.89. The number of nitrogens with one attached hydrogen (secondary N) is 2. The van der Waals surface area contributed by atoms with Crippen molar-refractivity contribution in [1.82, 2.24) is 9.97 Å². The van der Waals surface area contributed by atoms with E-state index in [1.165, 1.54) is 0 Å². The highest BCUT2D eigenvalue weighted by atomic mass is 16.4. The maximum absolute atomic E-state index is 11.5. The maximum atomic E-state index is 11.5. The molecule has 1 atom stereocenters. The van der Waals surface area contributed by atoms with E-state index in [9.17, 15) is 14.4 Å².